The first-order valence-electron chi connectivity index (χ1n) is 10.7. The smallest absolute Gasteiger partial charge is 0.213 e. The molecule has 1 saturated heterocycles. The van der Waals surface area contributed by atoms with E-state index in [1.807, 2.05) is 18.3 Å². The van der Waals surface area contributed by atoms with Crippen LogP contribution >= 0.6 is 24.0 Å². The molecule has 2 N–H and O–H groups in total. The van der Waals surface area contributed by atoms with Crippen LogP contribution in [-0.4, -0.2) is 67.4 Å². The summed E-state index contributed by atoms with van der Waals surface area (Å²) in [5.41, 5.74) is 1.11. The molecule has 7 nitrogen and oxygen atoms in total. The molecule has 2 heterocycles. The molecule has 2 aliphatic rings. The third-order valence-corrected chi connectivity index (χ3v) is 5.39. The van der Waals surface area contributed by atoms with Gasteiger partial charge in [-0.05, 0) is 51.2 Å². The van der Waals surface area contributed by atoms with Crippen LogP contribution in [0.15, 0.2) is 23.3 Å². The van der Waals surface area contributed by atoms with Gasteiger partial charge in [0.15, 0.2) is 5.96 Å². The molecule has 1 aromatic heterocycles. The quantitative estimate of drug-likeness (QED) is 0.314. The average molecular weight is 517 g/mol. The lowest BCUT2D eigenvalue weighted by Gasteiger charge is -2.32. The highest BCUT2D eigenvalue weighted by Crippen LogP contribution is 2.23. The highest BCUT2D eigenvalue weighted by Gasteiger charge is 2.18. The fourth-order valence-electron chi connectivity index (χ4n) is 3.69. The number of nitrogens with one attached hydrogen (secondary N) is 2. The minimum absolute atomic E-state index is 0. The Morgan fingerprint density at radius 2 is 2.07 bits per heavy atom. The first kappa shape index (κ1) is 24.1. The van der Waals surface area contributed by atoms with Crippen molar-refractivity contribution in [1.82, 2.24) is 20.5 Å². The van der Waals surface area contributed by atoms with Crippen LogP contribution in [-0.2, 0) is 11.3 Å². The van der Waals surface area contributed by atoms with Gasteiger partial charge in [0.2, 0.25) is 5.88 Å². The summed E-state index contributed by atoms with van der Waals surface area (Å²) in [5, 5.41) is 6.80. The lowest BCUT2D eigenvalue weighted by atomic mass is 10.2. The molecule has 164 valence electrons. The molecule has 0 amide bonds. The van der Waals surface area contributed by atoms with Crippen molar-refractivity contribution in [3.05, 3.63) is 23.9 Å². The predicted molar refractivity (Wildman–Crippen MR) is 127 cm³/mol. The molecular formula is C21H36IN5O2. The second kappa shape index (κ2) is 13.2. The van der Waals surface area contributed by atoms with Gasteiger partial charge in [0.1, 0.15) is 6.10 Å². The van der Waals surface area contributed by atoms with Gasteiger partial charge in [-0.1, -0.05) is 0 Å². The summed E-state index contributed by atoms with van der Waals surface area (Å²) in [4.78, 5) is 11.6. The molecule has 0 aromatic carbocycles. The van der Waals surface area contributed by atoms with Gasteiger partial charge in [-0.15, -0.1) is 24.0 Å². The van der Waals surface area contributed by atoms with Gasteiger partial charge >= 0.3 is 0 Å². The molecule has 0 bridgehead atoms. The second-order valence-corrected chi connectivity index (χ2v) is 7.60. The van der Waals surface area contributed by atoms with E-state index >= 15 is 0 Å². The number of morpholine rings is 1. The summed E-state index contributed by atoms with van der Waals surface area (Å²) in [7, 11) is 0. The maximum atomic E-state index is 6.01. The Hall–Kier alpha value is -1.13. The van der Waals surface area contributed by atoms with Crippen molar-refractivity contribution in [1.29, 1.82) is 0 Å². The highest BCUT2D eigenvalue weighted by molar-refractivity contribution is 14.0. The Balaban J connectivity index is 0.00000300. The zero-order chi connectivity index (χ0) is 19.6. The zero-order valence-electron chi connectivity index (χ0n) is 17.7. The molecule has 1 unspecified atom stereocenters. The van der Waals surface area contributed by atoms with E-state index in [9.17, 15) is 0 Å². The second-order valence-electron chi connectivity index (χ2n) is 7.60. The van der Waals surface area contributed by atoms with Crippen LogP contribution in [0.25, 0.3) is 0 Å². The Labute approximate surface area is 192 Å². The number of guanidine groups is 1. The van der Waals surface area contributed by atoms with Gasteiger partial charge < -0.3 is 20.1 Å². The van der Waals surface area contributed by atoms with Crippen molar-refractivity contribution < 1.29 is 9.47 Å². The normalized spacial score (nSPS) is 19.4. The number of ether oxygens (including phenoxy) is 2. The number of aliphatic imine (C=N–C) groups is 1. The van der Waals surface area contributed by atoms with Crippen molar-refractivity contribution in [3.8, 4) is 5.88 Å². The van der Waals surface area contributed by atoms with Crippen LogP contribution in [0.4, 0.5) is 0 Å². The first-order valence-corrected chi connectivity index (χ1v) is 10.7. The van der Waals surface area contributed by atoms with Gasteiger partial charge in [0.05, 0.1) is 19.8 Å². The lowest BCUT2D eigenvalue weighted by Crippen LogP contribution is -2.49. The largest absolute Gasteiger partial charge is 0.474 e. The van der Waals surface area contributed by atoms with E-state index in [1.54, 1.807) is 0 Å². The van der Waals surface area contributed by atoms with E-state index in [0.717, 1.165) is 69.6 Å². The Bertz CT molecular complexity index is 619. The van der Waals surface area contributed by atoms with E-state index in [-0.39, 0.29) is 24.0 Å². The number of rotatable bonds is 8. The molecule has 1 saturated carbocycles. The topological polar surface area (TPSA) is 71.0 Å². The molecule has 1 aliphatic carbocycles. The maximum absolute atomic E-state index is 6.01. The molecular weight excluding hydrogens is 481 g/mol. The lowest BCUT2D eigenvalue weighted by molar-refractivity contribution is 0.0211. The fraction of sp³-hybridized carbons (Fsp3) is 0.714. The first-order chi connectivity index (χ1) is 13.7. The van der Waals surface area contributed by atoms with Crippen molar-refractivity contribution in [2.45, 2.75) is 58.2 Å². The molecule has 29 heavy (non-hydrogen) atoms. The predicted octanol–water partition coefficient (Wildman–Crippen LogP) is 2.80. The van der Waals surface area contributed by atoms with E-state index < -0.39 is 0 Å². The van der Waals surface area contributed by atoms with E-state index in [1.165, 1.54) is 12.8 Å². The molecule has 1 aliphatic heterocycles. The molecule has 1 atom stereocenters. The molecule has 0 spiro atoms. The van der Waals surface area contributed by atoms with Crippen molar-refractivity contribution >= 4 is 29.9 Å². The number of hydrogen-bond donors (Lipinski definition) is 2. The molecule has 0 radical (unpaired) electrons. The monoisotopic (exact) mass is 517 g/mol. The maximum Gasteiger partial charge on any atom is 0.213 e. The van der Waals surface area contributed by atoms with Crippen molar-refractivity contribution in [3.63, 3.8) is 0 Å². The number of nitrogens with zero attached hydrogens (tertiary/aromatic N) is 3. The number of pyridine rings is 1. The van der Waals surface area contributed by atoms with Gasteiger partial charge in [0, 0.05) is 44.5 Å². The van der Waals surface area contributed by atoms with Gasteiger partial charge in [-0.3, -0.25) is 4.90 Å². The van der Waals surface area contributed by atoms with E-state index in [0.29, 0.717) is 18.7 Å². The number of aromatic nitrogens is 1. The highest BCUT2D eigenvalue weighted by atomic mass is 127. The van der Waals surface area contributed by atoms with Crippen LogP contribution < -0.4 is 15.4 Å². The minimum atomic E-state index is 0. The zero-order valence-corrected chi connectivity index (χ0v) is 20.1. The fourth-order valence-corrected chi connectivity index (χ4v) is 3.69. The minimum Gasteiger partial charge on any atom is -0.474 e. The van der Waals surface area contributed by atoms with E-state index in [2.05, 4.69) is 34.4 Å². The van der Waals surface area contributed by atoms with Crippen molar-refractivity contribution in [2.75, 3.05) is 39.4 Å². The van der Waals surface area contributed by atoms with Crippen LogP contribution in [0.5, 0.6) is 5.88 Å². The Morgan fingerprint density at radius 1 is 1.31 bits per heavy atom. The van der Waals surface area contributed by atoms with Crippen molar-refractivity contribution in [2.24, 2.45) is 4.99 Å². The summed E-state index contributed by atoms with van der Waals surface area (Å²) >= 11 is 0. The summed E-state index contributed by atoms with van der Waals surface area (Å²) in [6.45, 7) is 10.3. The molecule has 3 rings (SSSR count). The number of halogens is 1. The third kappa shape index (κ3) is 8.25. The summed E-state index contributed by atoms with van der Waals surface area (Å²) in [5.74, 6) is 1.57. The van der Waals surface area contributed by atoms with Gasteiger partial charge in [0.25, 0.3) is 0 Å². The average Bonchev–Trinajstić information content (AvgIpc) is 3.24. The Morgan fingerprint density at radius 3 is 2.79 bits per heavy atom. The van der Waals surface area contributed by atoms with Gasteiger partial charge in [-0.2, -0.15) is 0 Å². The summed E-state index contributed by atoms with van der Waals surface area (Å²) in [6.07, 6.45) is 6.94. The SMILES string of the molecule is CCNC(=NCc1ccnc(OC2CCCC2)c1)NCC(C)N1CCOCC1.I. The van der Waals surface area contributed by atoms with Crippen LogP contribution in [0.2, 0.25) is 0 Å². The molecule has 8 heteroatoms. The molecule has 1 aromatic rings. The molecule has 2 fully saturated rings. The van der Waals surface area contributed by atoms with Crippen LogP contribution in [0.1, 0.15) is 45.1 Å². The number of hydrogen-bond acceptors (Lipinski definition) is 5. The summed E-state index contributed by atoms with van der Waals surface area (Å²) in [6, 6.07) is 4.47. The van der Waals surface area contributed by atoms with Crippen LogP contribution in [0.3, 0.4) is 0 Å². The van der Waals surface area contributed by atoms with Crippen LogP contribution in [0, 0.1) is 0 Å². The van der Waals surface area contributed by atoms with E-state index in [4.69, 9.17) is 14.5 Å². The third-order valence-electron chi connectivity index (χ3n) is 5.39. The standard InChI is InChI=1S/C21H35N5O2.HI/c1-3-22-21(24-15-17(2)26-10-12-27-13-11-26)25-16-18-8-9-23-20(14-18)28-19-6-4-5-7-19;/h8-9,14,17,19H,3-7,10-13,15-16H2,1-2H3,(H2,22,24,25);1H. The Kier molecular flexibility index (Phi) is 11.0. The summed E-state index contributed by atoms with van der Waals surface area (Å²) < 4.78 is 11.4. The van der Waals surface area contributed by atoms with Gasteiger partial charge in [-0.25, -0.2) is 9.98 Å².